The van der Waals surface area contributed by atoms with Gasteiger partial charge in [-0.25, -0.2) is 0 Å². The molecule has 6 heteroatoms. The highest BCUT2D eigenvalue weighted by molar-refractivity contribution is 5.78. The Bertz CT molecular complexity index is 974. The molecule has 1 aliphatic heterocycles. The standard InChI is InChI=1S/C23H26N2O4/c1-16(10-23(26)27)19-3-5-21(6-4-19)29-15-17-2-7-22-20(11-17)13-25(24-22)12-18-8-9-28-14-18/h2-7,11,13,16,18H,8-10,12,14-15H2,1H3,(H,26,27). The summed E-state index contributed by atoms with van der Waals surface area (Å²) in [5.74, 6) is 0.519. The number of fused-ring (bicyclic) bond motifs is 1. The molecule has 0 aliphatic carbocycles. The van der Waals surface area contributed by atoms with E-state index in [2.05, 4.69) is 17.4 Å². The van der Waals surface area contributed by atoms with Crippen molar-refractivity contribution in [2.24, 2.45) is 5.92 Å². The molecular formula is C23H26N2O4. The smallest absolute Gasteiger partial charge is 0.303 e. The molecule has 1 N–H and O–H groups in total. The normalized spacial score (nSPS) is 17.5. The van der Waals surface area contributed by atoms with Crippen LogP contribution in [0.1, 0.15) is 36.8 Å². The van der Waals surface area contributed by atoms with E-state index >= 15 is 0 Å². The van der Waals surface area contributed by atoms with E-state index in [0.717, 1.165) is 54.0 Å². The topological polar surface area (TPSA) is 73.6 Å². The highest BCUT2D eigenvalue weighted by Gasteiger charge is 2.17. The lowest BCUT2D eigenvalue weighted by Crippen LogP contribution is -2.10. The maximum atomic E-state index is 10.9. The van der Waals surface area contributed by atoms with E-state index in [1.165, 1.54) is 0 Å². The van der Waals surface area contributed by atoms with Crippen LogP contribution >= 0.6 is 0 Å². The number of carboxylic acids is 1. The number of nitrogens with zero attached hydrogens (tertiary/aromatic N) is 2. The van der Waals surface area contributed by atoms with Crippen molar-refractivity contribution >= 4 is 16.9 Å². The molecule has 1 aliphatic rings. The van der Waals surface area contributed by atoms with Crippen LogP contribution < -0.4 is 4.74 Å². The molecule has 2 unspecified atom stereocenters. The SMILES string of the molecule is CC(CC(=O)O)c1ccc(OCc2ccc3nn(CC4CCOC4)cc3c2)cc1. The van der Waals surface area contributed by atoms with E-state index in [4.69, 9.17) is 14.6 Å². The maximum Gasteiger partial charge on any atom is 0.303 e. The van der Waals surface area contributed by atoms with E-state index in [0.29, 0.717) is 12.5 Å². The Morgan fingerprint density at radius 2 is 2.14 bits per heavy atom. The summed E-state index contributed by atoms with van der Waals surface area (Å²) < 4.78 is 13.4. The summed E-state index contributed by atoms with van der Waals surface area (Å²) in [6, 6.07) is 13.9. The van der Waals surface area contributed by atoms with E-state index < -0.39 is 5.97 Å². The summed E-state index contributed by atoms with van der Waals surface area (Å²) in [5, 5.41) is 14.7. The molecule has 2 heterocycles. The van der Waals surface area contributed by atoms with Crippen LogP contribution in [0.5, 0.6) is 5.75 Å². The Balaban J connectivity index is 1.37. The van der Waals surface area contributed by atoms with Crippen molar-refractivity contribution in [1.29, 1.82) is 0 Å². The zero-order valence-corrected chi connectivity index (χ0v) is 16.6. The minimum atomic E-state index is -0.784. The molecule has 4 rings (SSSR count). The van der Waals surface area contributed by atoms with Crippen LogP contribution in [0.2, 0.25) is 0 Å². The summed E-state index contributed by atoms with van der Waals surface area (Å²) in [7, 11) is 0. The lowest BCUT2D eigenvalue weighted by molar-refractivity contribution is -0.137. The van der Waals surface area contributed by atoms with E-state index in [1.54, 1.807) is 0 Å². The summed E-state index contributed by atoms with van der Waals surface area (Å²) in [5.41, 5.74) is 3.08. The van der Waals surface area contributed by atoms with Crippen molar-refractivity contribution in [3.8, 4) is 5.75 Å². The van der Waals surface area contributed by atoms with Crippen molar-refractivity contribution in [1.82, 2.24) is 9.78 Å². The van der Waals surface area contributed by atoms with Crippen LogP contribution in [-0.2, 0) is 22.7 Å². The van der Waals surface area contributed by atoms with Gasteiger partial charge in [0.1, 0.15) is 12.4 Å². The lowest BCUT2D eigenvalue weighted by atomic mass is 9.98. The van der Waals surface area contributed by atoms with Crippen LogP contribution in [0.3, 0.4) is 0 Å². The fourth-order valence-corrected chi connectivity index (χ4v) is 3.74. The molecule has 0 amide bonds. The Labute approximate surface area is 170 Å². The minimum Gasteiger partial charge on any atom is -0.489 e. The van der Waals surface area contributed by atoms with E-state index in [9.17, 15) is 4.79 Å². The van der Waals surface area contributed by atoms with Crippen molar-refractivity contribution in [2.45, 2.75) is 38.8 Å². The predicted octanol–water partition coefficient (Wildman–Crippen LogP) is 4.23. The van der Waals surface area contributed by atoms with E-state index in [-0.39, 0.29) is 12.3 Å². The first-order chi connectivity index (χ1) is 14.1. The Morgan fingerprint density at radius 1 is 1.31 bits per heavy atom. The van der Waals surface area contributed by atoms with Crippen molar-refractivity contribution in [3.05, 3.63) is 59.8 Å². The van der Waals surface area contributed by atoms with Gasteiger partial charge in [-0.1, -0.05) is 25.1 Å². The van der Waals surface area contributed by atoms with Crippen molar-refractivity contribution < 1.29 is 19.4 Å². The van der Waals surface area contributed by atoms with E-state index in [1.807, 2.05) is 48.0 Å². The summed E-state index contributed by atoms with van der Waals surface area (Å²) in [4.78, 5) is 10.9. The number of rotatable bonds is 8. The first-order valence-electron chi connectivity index (χ1n) is 10.1. The highest BCUT2D eigenvalue weighted by Crippen LogP contribution is 2.23. The van der Waals surface area contributed by atoms with Gasteiger partial charge in [0.05, 0.1) is 18.5 Å². The molecule has 3 aromatic rings. The van der Waals surface area contributed by atoms with Crippen LogP contribution in [0.25, 0.3) is 10.9 Å². The molecular weight excluding hydrogens is 368 g/mol. The fraction of sp³-hybridized carbons (Fsp3) is 0.391. The van der Waals surface area contributed by atoms with Crippen LogP contribution in [0.4, 0.5) is 0 Å². The molecule has 0 radical (unpaired) electrons. The zero-order valence-electron chi connectivity index (χ0n) is 16.6. The number of hydrogen-bond donors (Lipinski definition) is 1. The quantitative estimate of drug-likeness (QED) is 0.619. The van der Waals surface area contributed by atoms with Crippen LogP contribution in [-0.4, -0.2) is 34.1 Å². The largest absolute Gasteiger partial charge is 0.489 e. The average molecular weight is 394 g/mol. The van der Waals surface area contributed by atoms with Gasteiger partial charge in [-0.15, -0.1) is 0 Å². The summed E-state index contributed by atoms with van der Waals surface area (Å²) in [6.07, 6.45) is 3.32. The van der Waals surface area contributed by atoms with Gasteiger partial charge in [0.25, 0.3) is 0 Å². The van der Waals surface area contributed by atoms with Gasteiger partial charge in [-0.05, 0) is 47.7 Å². The number of aliphatic carboxylic acids is 1. The molecule has 6 nitrogen and oxygen atoms in total. The zero-order chi connectivity index (χ0) is 20.2. The number of aromatic nitrogens is 2. The van der Waals surface area contributed by atoms with Crippen LogP contribution in [0.15, 0.2) is 48.7 Å². The first kappa shape index (κ1) is 19.5. The molecule has 1 fully saturated rings. The third kappa shape index (κ3) is 4.95. The van der Waals surface area contributed by atoms with Gasteiger partial charge in [-0.2, -0.15) is 5.10 Å². The Hall–Kier alpha value is -2.86. The average Bonchev–Trinajstić information content (AvgIpc) is 3.35. The Kier molecular flexibility index (Phi) is 5.81. The monoisotopic (exact) mass is 394 g/mol. The highest BCUT2D eigenvalue weighted by atomic mass is 16.5. The molecule has 1 saturated heterocycles. The number of ether oxygens (including phenoxy) is 2. The molecule has 0 spiro atoms. The summed E-state index contributed by atoms with van der Waals surface area (Å²) >= 11 is 0. The van der Waals surface area contributed by atoms with Gasteiger partial charge >= 0.3 is 5.97 Å². The molecule has 0 bridgehead atoms. The molecule has 2 aromatic carbocycles. The van der Waals surface area contributed by atoms with Gasteiger partial charge in [0, 0.05) is 30.7 Å². The Morgan fingerprint density at radius 3 is 2.86 bits per heavy atom. The molecule has 29 heavy (non-hydrogen) atoms. The van der Waals surface area contributed by atoms with Crippen molar-refractivity contribution in [2.75, 3.05) is 13.2 Å². The molecule has 0 saturated carbocycles. The molecule has 2 atom stereocenters. The predicted molar refractivity (Wildman–Crippen MR) is 110 cm³/mol. The minimum absolute atomic E-state index is 0.0173. The first-order valence-corrected chi connectivity index (χ1v) is 10.1. The lowest BCUT2D eigenvalue weighted by Gasteiger charge is -2.11. The molecule has 152 valence electrons. The van der Waals surface area contributed by atoms with Gasteiger partial charge in [0.15, 0.2) is 0 Å². The third-order valence-electron chi connectivity index (χ3n) is 5.42. The number of benzene rings is 2. The van der Waals surface area contributed by atoms with Gasteiger partial charge in [0.2, 0.25) is 0 Å². The fourth-order valence-electron chi connectivity index (χ4n) is 3.74. The molecule has 1 aromatic heterocycles. The van der Waals surface area contributed by atoms with Crippen LogP contribution in [0, 0.1) is 5.92 Å². The second-order valence-electron chi connectivity index (χ2n) is 7.83. The van der Waals surface area contributed by atoms with Crippen molar-refractivity contribution in [3.63, 3.8) is 0 Å². The van der Waals surface area contributed by atoms with Gasteiger partial charge < -0.3 is 14.6 Å². The third-order valence-corrected chi connectivity index (χ3v) is 5.42. The maximum absolute atomic E-state index is 10.9. The second-order valence-corrected chi connectivity index (χ2v) is 7.83. The second kappa shape index (κ2) is 8.66. The van der Waals surface area contributed by atoms with Gasteiger partial charge in [-0.3, -0.25) is 9.48 Å². The number of hydrogen-bond acceptors (Lipinski definition) is 4. The number of carbonyl (C=O) groups is 1. The summed E-state index contributed by atoms with van der Waals surface area (Å²) in [6.45, 7) is 4.96. The number of carboxylic acid groups (broad SMARTS) is 1.